The lowest BCUT2D eigenvalue weighted by atomic mass is 10.1. The number of piperazine rings is 1. The van der Waals surface area contributed by atoms with E-state index in [0.29, 0.717) is 19.6 Å². The first-order chi connectivity index (χ1) is 14.6. The summed E-state index contributed by atoms with van der Waals surface area (Å²) in [5.41, 5.74) is 4.10. The predicted molar refractivity (Wildman–Crippen MR) is 121 cm³/mol. The van der Waals surface area contributed by atoms with Gasteiger partial charge in [0.2, 0.25) is 0 Å². The van der Waals surface area contributed by atoms with Crippen LogP contribution in [0.25, 0.3) is 0 Å². The molecule has 1 aliphatic rings. The molecule has 0 spiro atoms. The number of para-hydroxylation sites is 1. The minimum atomic E-state index is 0.0355. The van der Waals surface area contributed by atoms with Gasteiger partial charge in [-0.15, -0.1) is 0 Å². The summed E-state index contributed by atoms with van der Waals surface area (Å²) in [5, 5.41) is 3.05. The third-order valence-corrected chi connectivity index (χ3v) is 5.86. The van der Waals surface area contributed by atoms with Crippen LogP contribution in [-0.2, 0) is 17.6 Å². The third kappa shape index (κ3) is 5.92. The van der Waals surface area contributed by atoms with E-state index in [1.54, 1.807) is 0 Å². The Morgan fingerprint density at radius 2 is 1.70 bits per heavy atom. The normalized spacial score (nSPS) is 14.5. The highest BCUT2D eigenvalue weighted by molar-refractivity contribution is 5.94. The van der Waals surface area contributed by atoms with Crippen LogP contribution in [0.2, 0.25) is 0 Å². The second-order valence-corrected chi connectivity index (χ2v) is 8.08. The number of benzene rings is 2. The van der Waals surface area contributed by atoms with Gasteiger partial charge in [0.15, 0.2) is 6.54 Å². The minimum absolute atomic E-state index is 0.0355. The number of hydrogen-bond acceptors (Lipinski definition) is 2. The molecule has 5 heteroatoms. The lowest BCUT2D eigenvalue weighted by molar-refractivity contribution is -0.895. The first kappa shape index (κ1) is 22.0. The van der Waals surface area contributed by atoms with Crippen molar-refractivity contribution >= 4 is 17.5 Å². The summed E-state index contributed by atoms with van der Waals surface area (Å²) >= 11 is 0. The van der Waals surface area contributed by atoms with Gasteiger partial charge < -0.3 is 15.1 Å². The maximum atomic E-state index is 12.8. The van der Waals surface area contributed by atoms with Crippen molar-refractivity contribution in [1.82, 2.24) is 4.90 Å². The van der Waals surface area contributed by atoms with Crippen molar-refractivity contribution in [2.75, 3.05) is 38.0 Å². The molecule has 1 saturated heterocycles. The molecule has 30 heavy (non-hydrogen) atoms. The van der Waals surface area contributed by atoms with Crippen molar-refractivity contribution in [3.05, 3.63) is 65.2 Å². The van der Waals surface area contributed by atoms with Gasteiger partial charge in [0.25, 0.3) is 11.8 Å². The summed E-state index contributed by atoms with van der Waals surface area (Å²) in [6, 6.07) is 16.0. The van der Waals surface area contributed by atoms with Gasteiger partial charge in [-0.3, -0.25) is 9.59 Å². The Morgan fingerprint density at radius 3 is 2.37 bits per heavy atom. The fraction of sp³-hybridized carbons (Fsp3) is 0.440. The lowest BCUT2D eigenvalue weighted by Crippen LogP contribution is -3.15. The van der Waals surface area contributed by atoms with E-state index in [9.17, 15) is 9.59 Å². The van der Waals surface area contributed by atoms with E-state index in [2.05, 4.69) is 31.3 Å². The molecular weight excluding hydrogens is 374 g/mol. The molecule has 0 saturated carbocycles. The predicted octanol–water partition coefficient (Wildman–Crippen LogP) is 2.57. The van der Waals surface area contributed by atoms with Gasteiger partial charge in [0, 0.05) is 11.3 Å². The molecule has 2 aromatic rings. The SMILES string of the molecule is CCCCc1ccc(C(=O)N2CC[NH+](CC(=O)Nc3ccccc3CC)CC2)cc1. The van der Waals surface area contributed by atoms with Crippen LogP contribution in [0.1, 0.15) is 48.2 Å². The number of quaternary nitrogens is 1. The average Bonchev–Trinajstić information content (AvgIpc) is 2.78. The fourth-order valence-corrected chi connectivity index (χ4v) is 3.95. The monoisotopic (exact) mass is 408 g/mol. The Morgan fingerprint density at radius 1 is 1.00 bits per heavy atom. The van der Waals surface area contributed by atoms with Gasteiger partial charge in [-0.2, -0.15) is 0 Å². The van der Waals surface area contributed by atoms with Crippen LogP contribution in [0.3, 0.4) is 0 Å². The van der Waals surface area contributed by atoms with Gasteiger partial charge >= 0.3 is 0 Å². The summed E-state index contributed by atoms with van der Waals surface area (Å²) in [6.07, 6.45) is 4.31. The molecule has 1 fully saturated rings. The second-order valence-electron chi connectivity index (χ2n) is 8.08. The molecule has 0 atom stereocenters. The molecule has 2 N–H and O–H groups in total. The van der Waals surface area contributed by atoms with Crippen LogP contribution in [0.15, 0.2) is 48.5 Å². The van der Waals surface area contributed by atoms with Crippen LogP contribution in [0.5, 0.6) is 0 Å². The van der Waals surface area contributed by atoms with Crippen molar-refractivity contribution in [3.63, 3.8) is 0 Å². The molecule has 0 bridgehead atoms. The minimum Gasteiger partial charge on any atom is -0.327 e. The highest BCUT2D eigenvalue weighted by atomic mass is 16.2. The number of unbranched alkanes of at least 4 members (excludes halogenated alkanes) is 1. The zero-order valence-electron chi connectivity index (χ0n) is 18.2. The molecule has 1 heterocycles. The number of carbonyl (C=O) groups is 2. The number of anilines is 1. The Balaban J connectivity index is 1.47. The lowest BCUT2D eigenvalue weighted by Gasteiger charge is -2.32. The number of nitrogens with zero attached hydrogens (tertiary/aromatic N) is 1. The number of rotatable bonds is 8. The summed E-state index contributed by atoms with van der Waals surface area (Å²) in [5.74, 6) is 0.130. The van der Waals surface area contributed by atoms with E-state index in [1.165, 1.54) is 23.3 Å². The smallest absolute Gasteiger partial charge is 0.279 e. The Bertz CT molecular complexity index is 840. The van der Waals surface area contributed by atoms with E-state index in [1.807, 2.05) is 41.3 Å². The topological polar surface area (TPSA) is 53.9 Å². The maximum Gasteiger partial charge on any atom is 0.279 e. The molecular formula is C25H34N3O2+. The molecule has 5 nitrogen and oxygen atoms in total. The van der Waals surface area contributed by atoms with Crippen molar-refractivity contribution in [2.45, 2.75) is 39.5 Å². The van der Waals surface area contributed by atoms with Crippen molar-refractivity contribution in [3.8, 4) is 0 Å². The fourth-order valence-electron chi connectivity index (χ4n) is 3.95. The van der Waals surface area contributed by atoms with E-state index >= 15 is 0 Å². The third-order valence-electron chi connectivity index (χ3n) is 5.86. The molecule has 3 rings (SSSR count). The number of aryl methyl sites for hydroxylation is 2. The van der Waals surface area contributed by atoms with Gasteiger partial charge in [-0.1, -0.05) is 50.6 Å². The highest BCUT2D eigenvalue weighted by Gasteiger charge is 2.26. The zero-order valence-corrected chi connectivity index (χ0v) is 18.2. The van der Waals surface area contributed by atoms with Crippen LogP contribution < -0.4 is 10.2 Å². The maximum absolute atomic E-state index is 12.8. The summed E-state index contributed by atoms with van der Waals surface area (Å²) in [7, 11) is 0. The molecule has 0 aliphatic carbocycles. The quantitative estimate of drug-likeness (QED) is 0.705. The van der Waals surface area contributed by atoms with Crippen molar-refractivity contribution < 1.29 is 14.5 Å². The van der Waals surface area contributed by atoms with Gasteiger partial charge in [0.05, 0.1) is 26.2 Å². The molecule has 0 unspecified atom stereocenters. The Hall–Kier alpha value is -2.66. The van der Waals surface area contributed by atoms with Crippen LogP contribution in [-0.4, -0.2) is 49.4 Å². The highest BCUT2D eigenvalue weighted by Crippen LogP contribution is 2.15. The standard InChI is InChI=1S/C25H33N3O2/c1-3-5-8-20-11-13-22(14-12-20)25(30)28-17-15-27(16-18-28)19-24(29)26-23-10-7-6-9-21(23)4-2/h6-7,9-14H,3-5,8,15-19H2,1-2H3,(H,26,29)/p+1. The van der Waals surface area contributed by atoms with Gasteiger partial charge in [-0.05, 0) is 48.6 Å². The van der Waals surface area contributed by atoms with Gasteiger partial charge in [-0.25, -0.2) is 0 Å². The Labute approximate surface area is 180 Å². The summed E-state index contributed by atoms with van der Waals surface area (Å²) in [6.45, 7) is 7.67. The van der Waals surface area contributed by atoms with E-state index < -0.39 is 0 Å². The first-order valence-electron chi connectivity index (χ1n) is 11.2. The average molecular weight is 409 g/mol. The van der Waals surface area contributed by atoms with E-state index in [-0.39, 0.29) is 11.8 Å². The van der Waals surface area contributed by atoms with Crippen molar-refractivity contribution in [2.24, 2.45) is 0 Å². The Kier molecular flexibility index (Phi) is 8.03. The largest absolute Gasteiger partial charge is 0.327 e. The number of carbonyl (C=O) groups excluding carboxylic acids is 2. The molecule has 2 amide bonds. The number of hydrogen-bond donors (Lipinski definition) is 2. The first-order valence-corrected chi connectivity index (χ1v) is 11.2. The second kappa shape index (κ2) is 10.9. The molecule has 2 aromatic carbocycles. The summed E-state index contributed by atoms with van der Waals surface area (Å²) in [4.78, 5) is 28.4. The van der Waals surface area contributed by atoms with Crippen molar-refractivity contribution in [1.29, 1.82) is 0 Å². The molecule has 0 aromatic heterocycles. The molecule has 0 radical (unpaired) electrons. The zero-order chi connectivity index (χ0) is 21.3. The molecule has 160 valence electrons. The van der Waals surface area contributed by atoms with Gasteiger partial charge in [0.1, 0.15) is 0 Å². The van der Waals surface area contributed by atoms with E-state index in [0.717, 1.165) is 42.7 Å². The number of amides is 2. The van der Waals surface area contributed by atoms with Crippen LogP contribution in [0.4, 0.5) is 5.69 Å². The van der Waals surface area contributed by atoms with Crippen LogP contribution in [0, 0.1) is 0 Å². The van der Waals surface area contributed by atoms with Crippen LogP contribution >= 0.6 is 0 Å². The summed E-state index contributed by atoms with van der Waals surface area (Å²) < 4.78 is 0. The van der Waals surface area contributed by atoms with E-state index in [4.69, 9.17) is 0 Å². The molecule has 1 aliphatic heterocycles. The number of nitrogens with one attached hydrogen (secondary N) is 2.